The molecule has 1 aliphatic heterocycles. The molecule has 0 saturated carbocycles. The van der Waals surface area contributed by atoms with Gasteiger partial charge < -0.3 is 4.90 Å². The lowest BCUT2D eigenvalue weighted by atomic mass is 10.1. The minimum atomic E-state index is -3.64. The van der Waals surface area contributed by atoms with Crippen LogP contribution in [0.3, 0.4) is 0 Å². The number of benzene rings is 1. The Bertz CT molecular complexity index is 1110. The summed E-state index contributed by atoms with van der Waals surface area (Å²) in [5, 5.41) is 5.33. The first-order valence-corrected chi connectivity index (χ1v) is 11.2. The van der Waals surface area contributed by atoms with Crippen molar-refractivity contribution in [2.45, 2.75) is 32.7 Å². The lowest BCUT2D eigenvalue weighted by Crippen LogP contribution is -2.49. The van der Waals surface area contributed by atoms with E-state index in [4.69, 9.17) is 0 Å². The molecule has 0 bridgehead atoms. The van der Waals surface area contributed by atoms with Crippen molar-refractivity contribution < 1.29 is 8.42 Å². The van der Waals surface area contributed by atoms with E-state index < -0.39 is 10.0 Å². The van der Waals surface area contributed by atoms with E-state index in [9.17, 15) is 8.42 Å². The summed E-state index contributed by atoms with van der Waals surface area (Å²) in [5.74, 6) is 0. The number of aromatic nitrogens is 3. The van der Waals surface area contributed by atoms with Crippen molar-refractivity contribution in [1.82, 2.24) is 18.9 Å². The summed E-state index contributed by atoms with van der Waals surface area (Å²) in [6.07, 6.45) is 0. The molecule has 0 amide bonds. The quantitative estimate of drug-likeness (QED) is 0.670. The third-order valence-electron chi connectivity index (χ3n) is 5.17. The van der Waals surface area contributed by atoms with E-state index in [0.717, 1.165) is 5.01 Å². The number of anilines is 1. The Hall–Kier alpha value is -1.97. The van der Waals surface area contributed by atoms with E-state index in [2.05, 4.69) is 47.0 Å². The number of rotatable bonds is 3. The van der Waals surface area contributed by atoms with Crippen LogP contribution < -0.4 is 4.90 Å². The number of aryl methyl sites for hydroxylation is 3. The van der Waals surface area contributed by atoms with Crippen LogP contribution in [0.5, 0.6) is 0 Å². The zero-order valence-electron chi connectivity index (χ0n) is 15.9. The first kappa shape index (κ1) is 18.4. The lowest BCUT2D eigenvalue weighted by molar-refractivity contribution is 0.382. The summed E-state index contributed by atoms with van der Waals surface area (Å²) in [6, 6.07) is 6.26. The third-order valence-corrected chi connectivity index (χ3v) is 7.99. The number of sulfonamides is 1. The molecular weight excluding hydrogens is 382 g/mol. The Morgan fingerprint density at radius 2 is 1.74 bits per heavy atom. The van der Waals surface area contributed by atoms with E-state index >= 15 is 0 Å². The van der Waals surface area contributed by atoms with E-state index in [1.54, 1.807) is 11.2 Å². The van der Waals surface area contributed by atoms with Crippen molar-refractivity contribution in [3.63, 3.8) is 0 Å². The van der Waals surface area contributed by atoms with Gasteiger partial charge >= 0.3 is 0 Å². The van der Waals surface area contributed by atoms with Gasteiger partial charge in [-0.15, -0.1) is 0 Å². The molecule has 0 radical (unpaired) electrons. The Balaban J connectivity index is 1.60. The molecule has 0 atom stereocenters. The van der Waals surface area contributed by atoms with Gasteiger partial charge in [-0.1, -0.05) is 23.5 Å². The normalized spacial score (nSPS) is 16.4. The van der Waals surface area contributed by atoms with Crippen LogP contribution in [0, 0.1) is 27.7 Å². The van der Waals surface area contributed by atoms with Gasteiger partial charge in [-0.2, -0.15) is 13.9 Å². The number of piperazine rings is 1. The predicted octanol–water partition coefficient (Wildman–Crippen LogP) is 2.54. The van der Waals surface area contributed by atoms with Gasteiger partial charge in [0.15, 0.2) is 5.03 Å². The summed E-state index contributed by atoms with van der Waals surface area (Å²) < 4.78 is 29.6. The summed E-state index contributed by atoms with van der Waals surface area (Å²) in [7, 11) is -3.64. The topological polar surface area (TPSA) is 70.8 Å². The largest absolute Gasteiger partial charge is 0.369 e. The third kappa shape index (κ3) is 3.03. The minimum absolute atomic E-state index is 0.196. The molecule has 9 heteroatoms. The van der Waals surface area contributed by atoms with Crippen LogP contribution in [-0.4, -0.2) is 53.5 Å². The highest BCUT2D eigenvalue weighted by Gasteiger charge is 2.34. The Morgan fingerprint density at radius 3 is 2.44 bits per heavy atom. The number of nitrogens with zero attached hydrogens (tertiary/aromatic N) is 5. The van der Waals surface area contributed by atoms with E-state index in [1.165, 1.54) is 32.7 Å². The first-order chi connectivity index (χ1) is 12.8. The minimum Gasteiger partial charge on any atom is -0.369 e. The summed E-state index contributed by atoms with van der Waals surface area (Å²) in [5.41, 5.74) is 4.19. The van der Waals surface area contributed by atoms with Gasteiger partial charge in [0.2, 0.25) is 4.96 Å². The molecule has 0 N–H and O–H groups in total. The maximum absolute atomic E-state index is 13.3. The van der Waals surface area contributed by atoms with Gasteiger partial charge in [0.25, 0.3) is 10.0 Å². The number of hydrogen-bond donors (Lipinski definition) is 0. The second-order valence-corrected chi connectivity index (χ2v) is 9.94. The van der Waals surface area contributed by atoms with Crippen LogP contribution >= 0.6 is 11.3 Å². The van der Waals surface area contributed by atoms with Gasteiger partial charge in [0, 0.05) is 31.9 Å². The van der Waals surface area contributed by atoms with Crippen LogP contribution in [0.2, 0.25) is 0 Å². The zero-order chi connectivity index (χ0) is 19.3. The maximum atomic E-state index is 13.3. The van der Waals surface area contributed by atoms with Gasteiger partial charge in [-0.25, -0.2) is 13.4 Å². The highest BCUT2D eigenvalue weighted by atomic mass is 32.2. The van der Waals surface area contributed by atoms with Crippen LogP contribution in [0.1, 0.15) is 21.8 Å². The van der Waals surface area contributed by atoms with Crippen molar-refractivity contribution in [1.29, 1.82) is 0 Å². The van der Waals surface area contributed by atoms with Crippen molar-refractivity contribution in [2.24, 2.45) is 0 Å². The van der Waals surface area contributed by atoms with E-state index in [1.807, 2.05) is 6.92 Å². The van der Waals surface area contributed by atoms with Crippen molar-refractivity contribution in [3.05, 3.63) is 40.0 Å². The predicted molar refractivity (Wildman–Crippen MR) is 107 cm³/mol. The fraction of sp³-hybridized carbons (Fsp3) is 0.444. The average molecular weight is 406 g/mol. The number of fused-ring (bicyclic) bond motifs is 1. The van der Waals surface area contributed by atoms with Gasteiger partial charge in [-0.05, 0) is 44.9 Å². The maximum Gasteiger partial charge on any atom is 0.262 e. The zero-order valence-corrected chi connectivity index (χ0v) is 17.6. The van der Waals surface area contributed by atoms with Crippen LogP contribution in [0.15, 0.2) is 23.2 Å². The highest BCUT2D eigenvalue weighted by molar-refractivity contribution is 7.89. The van der Waals surface area contributed by atoms with Crippen molar-refractivity contribution in [2.75, 3.05) is 31.1 Å². The molecule has 3 heterocycles. The molecule has 7 nitrogen and oxygen atoms in total. The molecule has 27 heavy (non-hydrogen) atoms. The average Bonchev–Trinajstić information content (AvgIpc) is 3.11. The SMILES string of the molecule is Cc1nn2c(S(=O)(=O)N3CCN(c4cccc(C)c4C)CC3)c(C)nc2s1. The summed E-state index contributed by atoms with van der Waals surface area (Å²) in [6.45, 7) is 10.0. The fourth-order valence-electron chi connectivity index (χ4n) is 3.59. The molecule has 1 saturated heterocycles. The molecule has 1 fully saturated rings. The molecule has 1 aromatic carbocycles. The van der Waals surface area contributed by atoms with E-state index in [-0.39, 0.29) is 5.03 Å². The molecule has 4 rings (SSSR count). The van der Waals surface area contributed by atoms with Crippen LogP contribution in [-0.2, 0) is 10.0 Å². The van der Waals surface area contributed by atoms with E-state index in [0.29, 0.717) is 36.8 Å². The smallest absolute Gasteiger partial charge is 0.262 e. The number of imidazole rings is 1. The van der Waals surface area contributed by atoms with Gasteiger partial charge in [-0.3, -0.25) is 0 Å². The molecule has 144 valence electrons. The Morgan fingerprint density at radius 1 is 1.04 bits per heavy atom. The standard InChI is InChI=1S/C18H23N5O2S2/c1-12-6-5-7-16(13(12)2)21-8-10-22(11-9-21)27(24,25)17-14(3)19-18-23(17)20-15(4)26-18/h5-7H,8-11H2,1-4H3. The molecule has 0 unspecified atom stereocenters. The first-order valence-electron chi connectivity index (χ1n) is 8.93. The van der Waals surface area contributed by atoms with Crippen LogP contribution in [0.25, 0.3) is 4.96 Å². The molecular formula is C18H23N5O2S2. The molecule has 0 spiro atoms. The van der Waals surface area contributed by atoms with Crippen LogP contribution in [0.4, 0.5) is 5.69 Å². The second kappa shape index (κ2) is 6.57. The van der Waals surface area contributed by atoms with Gasteiger partial charge in [0.1, 0.15) is 5.01 Å². The summed E-state index contributed by atoms with van der Waals surface area (Å²) >= 11 is 1.40. The second-order valence-electron chi connectivity index (χ2n) is 6.93. The number of hydrogen-bond acceptors (Lipinski definition) is 6. The monoisotopic (exact) mass is 405 g/mol. The fourth-order valence-corrected chi connectivity index (χ4v) is 6.09. The molecule has 2 aromatic heterocycles. The highest BCUT2D eigenvalue weighted by Crippen LogP contribution is 2.28. The van der Waals surface area contributed by atoms with Crippen molar-refractivity contribution >= 4 is 32.0 Å². The van der Waals surface area contributed by atoms with Gasteiger partial charge in [0.05, 0.1) is 5.69 Å². The Kier molecular flexibility index (Phi) is 4.48. The Labute approximate surface area is 163 Å². The molecule has 1 aliphatic rings. The lowest BCUT2D eigenvalue weighted by Gasteiger charge is -2.36. The molecule has 0 aliphatic carbocycles. The van der Waals surface area contributed by atoms with Crippen molar-refractivity contribution in [3.8, 4) is 0 Å². The molecule has 3 aromatic rings. The summed E-state index contributed by atoms with van der Waals surface area (Å²) in [4.78, 5) is 7.27.